The summed E-state index contributed by atoms with van der Waals surface area (Å²) < 4.78 is 36.7. The Bertz CT molecular complexity index is 1530. The smallest absolute Gasteiger partial charge is 0.410 e. The maximum absolute atomic E-state index is 14.5. The molecule has 13 heteroatoms. The second-order valence-electron chi connectivity index (χ2n) is 14.9. The monoisotopic (exact) mass is 697 g/mol. The van der Waals surface area contributed by atoms with Crippen LogP contribution in [-0.4, -0.2) is 119 Å². The molecule has 0 unspecified atom stereocenters. The highest BCUT2D eigenvalue weighted by Gasteiger charge is 2.41. The topological polar surface area (TPSA) is 114 Å². The second-order valence-corrected chi connectivity index (χ2v) is 14.9. The van der Waals surface area contributed by atoms with Crippen LogP contribution < -0.4 is 9.64 Å². The van der Waals surface area contributed by atoms with Crippen molar-refractivity contribution in [1.82, 2.24) is 19.7 Å². The van der Waals surface area contributed by atoms with Gasteiger partial charge in [-0.15, -0.1) is 0 Å². The van der Waals surface area contributed by atoms with Crippen molar-refractivity contribution in [2.75, 3.05) is 50.8 Å². The van der Waals surface area contributed by atoms with Crippen LogP contribution in [0, 0.1) is 5.82 Å². The van der Waals surface area contributed by atoms with E-state index in [0.29, 0.717) is 44.0 Å². The van der Waals surface area contributed by atoms with Crippen LogP contribution in [0.5, 0.6) is 5.88 Å². The molecule has 274 valence electrons. The van der Waals surface area contributed by atoms with Gasteiger partial charge >= 0.3 is 12.1 Å². The summed E-state index contributed by atoms with van der Waals surface area (Å²) in [7, 11) is 0. The van der Waals surface area contributed by atoms with E-state index in [-0.39, 0.29) is 73.7 Å². The van der Waals surface area contributed by atoms with Gasteiger partial charge in [0, 0.05) is 51.2 Å². The lowest BCUT2D eigenvalue weighted by molar-refractivity contribution is -0.142. The minimum Gasteiger partial charge on any atom is -0.474 e. The molecule has 0 bridgehead atoms. The summed E-state index contributed by atoms with van der Waals surface area (Å²) in [5.74, 6) is -0.610. The number of benzene rings is 1. The fraction of sp³-hybridized carbons (Fsp3) is 0.622. The van der Waals surface area contributed by atoms with Crippen LogP contribution in [0.2, 0.25) is 0 Å². The van der Waals surface area contributed by atoms with Gasteiger partial charge in [0.15, 0.2) is 0 Å². The minimum atomic E-state index is -0.630. The van der Waals surface area contributed by atoms with Gasteiger partial charge in [-0.25, -0.2) is 14.2 Å². The van der Waals surface area contributed by atoms with Crippen LogP contribution in [0.15, 0.2) is 30.3 Å². The second kappa shape index (κ2) is 15.6. The molecule has 0 radical (unpaired) electrons. The number of aromatic nitrogens is 1. The largest absolute Gasteiger partial charge is 0.474 e. The van der Waals surface area contributed by atoms with Crippen molar-refractivity contribution in [2.24, 2.45) is 0 Å². The summed E-state index contributed by atoms with van der Waals surface area (Å²) in [5, 5.41) is 0. The normalized spacial score (nSPS) is 24.7. The predicted molar refractivity (Wildman–Crippen MR) is 186 cm³/mol. The zero-order valence-electron chi connectivity index (χ0n) is 30.6. The highest BCUT2D eigenvalue weighted by molar-refractivity contribution is 5.97. The maximum Gasteiger partial charge on any atom is 0.410 e. The first-order valence-electron chi connectivity index (χ1n) is 17.5. The number of esters is 1. The number of halogens is 1. The standard InChI is InChI=1S/C37H52FN5O7/c1-23-15-41(31(17-40-16-26(4)47-20-24(40)2)18-42(23)36(46)50-37(6,7)8)19-34(45)43-25(3)21-49-35-33(43)14-29(32(39-35)22-48-27(5)44)13-28-9-11-30(38)12-10-28/h9-12,14,23-26,31H,13,15-22H2,1-8H3/t23-,24-,25+,26+,31+/m1/s1. The lowest BCUT2D eigenvalue weighted by Gasteiger charge is -2.48. The van der Waals surface area contributed by atoms with E-state index < -0.39 is 11.6 Å². The lowest BCUT2D eigenvalue weighted by Crippen LogP contribution is -2.65. The van der Waals surface area contributed by atoms with Gasteiger partial charge in [0.25, 0.3) is 0 Å². The molecule has 4 heterocycles. The highest BCUT2D eigenvalue weighted by atomic mass is 19.1. The quantitative estimate of drug-likeness (QED) is 0.368. The van der Waals surface area contributed by atoms with Crippen LogP contribution in [0.1, 0.15) is 72.2 Å². The number of hydrogen-bond acceptors (Lipinski definition) is 10. The third-order valence-electron chi connectivity index (χ3n) is 9.39. The molecular weight excluding hydrogens is 645 g/mol. The van der Waals surface area contributed by atoms with E-state index in [9.17, 15) is 18.8 Å². The summed E-state index contributed by atoms with van der Waals surface area (Å²) in [6, 6.07) is 7.64. The molecule has 0 saturated carbocycles. The first kappa shape index (κ1) is 37.4. The summed E-state index contributed by atoms with van der Waals surface area (Å²) in [6.45, 7) is 18.3. The zero-order valence-corrected chi connectivity index (χ0v) is 30.6. The number of carbonyl (C=O) groups is 3. The Morgan fingerprint density at radius 3 is 2.36 bits per heavy atom. The third-order valence-corrected chi connectivity index (χ3v) is 9.39. The van der Waals surface area contributed by atoms with E-state index in [1.54, 1.807) is 21.9 Å². The first-order valence-corrected chi connectivity index (χ1v) is 17.5. The molecule has 0 spiro atoms. The zero-order chi connectivity index (χ0) is 36.3. The summed E-state index contributed by atoms with van der Waals surface area (Å²) in [6.07, 6.45) is 0.110. The van der Waals surface area contributed by atoms with Gasteiger partial charge < -0.3 is 28.7 Å². The van der Waals surface area contributed by atoms with Gasteiger partial charge in [0.05, 0.1) is 31.0 Å². The van der Waals surface area contributed by atoms with E-state index in [2.05, 4.69) is 23.6 Å². The van der Waals surface area contributed by atoms with E-state index in [4.69, 9.17) is 23.9 Å². The van der Waals surface area contributed by atoms with E-state index >= 15 is 0 Å². The number of amides is 2. The van der Waals surface area contributed by atoms with Crippen molar-refractivity contribution < 1.29 is 37.7 Å². The van der Waals surface area contributed by atoms with Crippen molar-refractivity contribution in [1.29, 1.82) is 0 Å². The maximum atomic E-state index is 14.5. The highest BCUT2D eigenvalue weighted by Crippen LogP contribution is 2.36. The van der Waals surface area contributed by atoms with Crippen LogP contribution >= 0.6 is 0 Å². The van der Waals surface area contributed by atoms with Gasteiger partial charge in [0.1, 0.15) is 30.3 Å². The molecule has 2 saturated heterocycles. The number of hydrogen-bond donors (Lipinski definition) is 0. The molecule has 12 nitrogen and oxygen atoms in total. The number of anilines is 1. The van der Waals surface area contributed by atoms with Crippen LogP contribution in [0.3, 0.4) is 0 Å². The fourth-order valence-electron chi connectivity index (χ4n) is 6.80. The average molecular weight is 698 g/mol. The van der Waals surface area contributed by atoms with Crippen molar-refractivity contribution in [3.05, 3.63) is 53.0 Å². The van der Waals surface area contributed by atoms with Crippen molar-refractivity contribution in [3.8, 4) is 5.88 Å². The molecule has 5 rings (SSSR count). The lowest BCUT2D eigenvalue weighted by atomic mass is 10.0. The first-order chi connectivity index (χ1) is 23.6. The Balaban J connectivity index is 1.43. The molecule has 2 fully saturated rings. The van der Waals surface area contributed by atoms with Gasteiger partial charge in [-0.2, -0.15) is 0 Å². The number of carbonyl (C=O) groups excluding carboxylic acids is 3. The molecule has 0 N–H and O–H groups in total. The van der Waals surface area contributed by atoms with Crippen molar-refractivity contribution >= 4 is 23.7 Å². The Morgan fingerprint density at radius 2 is 1.68 bits per heavy atom. The van der Waals surface area contributed by atoms with Crippen LogP contribution in [0.25, 0.3) is 0 Å². The summed E-state index contributed by atoms with van der Waals surface area (Å²) >= 11 is 0. The van der Waals surface area contributed by atoms with Crippen molar-refractivity contribution in [2.45, 2.75) is 104 Å². The Labute approximate surface area is 294 Å². The fourth-order valence-corrected chi connectivity index (χ4v) is 6.80. The molecule has 5 atom stereocenters. The predicted octanol–water partition coefficient (Wildman–Crippen LogP) is 4.41. The number of nitrogens with zero attached hydrogens (tertiary/aromatic N) is 5. The number of piperazine rings is 1. The molecule has 3 aliphatic heterocycles. The van der Waals surface area contributed by atoms with Crippen LogP contribution in [0.4, 0.5) is 14.9 Å². The molecule has 2 aromatic rings. The Morgan fingerprint density at radius 1 is 0.960 bits per heavy atom. The molecular formula is C37H52FN5O7. The van der Waals surface area contributed by atoms with Gasteiger partial charge in [-0.1, -0.05) is 12.1 Å². The number of morpholine rings is 1. The third kappa shape index (κ3) is 9.29. The molecule has 0 aliphatic carbocycles. The molecule has 2 amide bonds. The number of fused-ring (bicyclic) bond motifs is 1. The SMILES string of the molecule is CC(=O)OCc1nc2c(cc1Cc1ccc(F)cc1)N(C(=O)CN1C[C@@H](C)N(C(=O)OC(C)(C)C)C[C@@H]1CN1C[C@H](C)OC[C@H]1C)[C@@H](C)CO2. The van der Waals surface area contributed by atoms with Gasteiger partial charge in [-0.05, 0) is 84.2 Å². The molecule has 1 aromatic heterocycles. The van der Waals surface area contributed by atoms with Gasteiger partial charge in [0.2, 0.25) is 11.8 Å². The van der Waals surface area contributed by atoms with Gasteiger partial charge in [-0.3, -0.25) is 19.4 Å². The number of pyridine rings is 1. The summed E-state index contributed by atoms with van der Waals surface area (Å²) in [4.78, 5) is 52.3. The van der Waals surface area contributed by atoms with E-state index in [1.807, 2.05) is 40.7 Å². The molecule has 50 heavy (non-hydrogen) atoms. The number of ether oxygens (including phenoxy) is 4. The molecule has 3 aliphatic rings. The average Bonchev–Trinajstić information content (AvgIpc) is 3.03. The number of rotatable bonds is 8. The Kier molecular flexibility index (Phi) is 11.7. The summed E-state index contributed by atoms with van der Waals surface area (Å²) in [5.41, 5.74) is 1.98. The van der Waals surface area contributed by atoms with Crippen LogP contribution in [-0.2, 0) is 36.8 Å². The van der Waals surface area contributed by atoms with E-state index in [1.165, 1.54) is 19.1 Å². The Hall–Kier alpha value is -3.81. The van der Waals surface area contributed by atoms with E-state index in [0.717, 1.165) is 17.7 Å². The minimum absolute atomic E-state index is 0.0634. The molecule has 1 aromatic carbocycles. The van der Waals surface area contributed by atoms with Crippen molar-refractivity contribution in [3.63, 3.8) is 0 Å².